The molecule has 0 saturated carbocycles. The Bertz CT molecular complexity index is 226. The maximum absolute atomic E-state index is 5.48. The van der Waals surface area contributed by atoms with Crippen LogP contribution in [0.5, 0.6) is 0 Å². The standard InChI is InChI=1S/C10H13O.2Sn.6H/c1-8(9(2)11)10-6-4-3-5-7-10;;;;;;;;/h3-9H,1-2H3;;;;;;;;/q-1;;+1;;;;;;. The summed E-state index contributed by atoms with van der Waals surface area (Å²) >= 11 is 0.344. The van der Waals surface area contributed by atoms with Crippen molar-refractivity contribution in [2.75, 3.05) is 0 Å². The van der Waals surface area contributed by atoms with Crippen molar-refractivity contribution < 1.29 is 3.07 Å². The van der Waals surface area contributed by atoms with Crippen LogP contribution in [-0.2, 0) is 3.07 Å². The summed E-state index contributed by atoms with van der Waals surface area (Å²) in [5.74, 6) is 0.521. The average Bonchev–Trinajstić information content (AvgIpc) is 2.17. The van der Waals surface area contributed by atoms with E-state index in [1.165, 1.54) is 5.56 Å². The zero-order chi connectivity index (χ0) is 8.97. The van der Waals surface area contributed by atoms with Crippen molar-refractivity contribution in [3.8, 4) is 0 Å². The van der Waals surface area contributed by atoms with E-state index in [9.17, 15) is 0 Å². The Morgan fingerprint density at radius 2 is 1.69 bits per heavy atom. The van der Waals surface area contributed by atoms with Crippen LogP contribution in [0, 0.1) is 0 Å². The molecule has 1 aromatic rings. The first-order valence-corrected chi connectivity index (χ1v) is 6.66. The summed E-state index contributed by atoms with van der Waals surface area (Å²) in [6, 6.07) is 10.5. The van der Waals surface area contributed by atoms with Gasteiger partial charge in [-0.3, -0.25) is 0 Å². The molecule has 1 nitrogen and oxygen atoms in total. The van der Waals surface area contributed by atoms with Gasteiger partial charge in [0.15, 0.2) is 0 Å². The van der Waals surface area contributed by atoms with Gasteiger partial charge in [0.05, 0.1) is 0 Å². The van der Waals surface area contributed by atoms with E-state index in [4.69, 9.17) is 3.07 Å². The Balaban J connectivity index is 0.00000144. The van der Waals surface area contributed by atoms with Crippen molar-refractivity contribution in [1.82, 2.24) is 0 Å². The maximum atomic E-state index is 5.48. The average molecular weight is 393 g/mol. The molecule has 0 amide bonds. The van der Waals surface area contributed by atoms with E-state index in [2.05, 4.69) is 38.1 Å². The second kappa shape index (κ2) is 7.12. The van der Waals surface area contributed by atoms with Gasteiger partial charge in [0.25, 0.3) is 0 Å². The number of benzene rings is 1. The van der Waals surface area contributed by atoms with E-state index < -0.39 is 0 Å². The van der Waals surface area contributed by atoms with Gasteiger partial charge in [0.1, 0.15) is 0 Å². The quantitative estimate of drug-likeness (QED) is 0.672. The van der Waals surface area contributed by atoms with Crippen LogP contribution in [0.1, 0.15) is 25.3 Å². The summed E-state index contributed by atoms with van der Waals surface area (Å²) in [5.41, 5.74) is 1.37. The van der Waals surface area contributed by atoms with Crippen LogP contribution in [-0.4, -0.2) is 53.0 Å². The first-order chi connectivity index (χ1) is 5.75. The number of rotatable bonds is 3. The van der Waals surface area contributed by atoms with Crippen LogP contribution in [0.15, 0.2) is 30.3 Å². The van der Waals surface area contributed by atoms with E-state index in [0.717, 1.165) is 0 Å². The van der Waals surface area contributed by atoms with Crippen LogP contribution in [0.25, 0.3) is 0 Å². The summed E-state index contributed by atoms with van der Waals surface area (Å²) in [5, 5.41) is 0. The molecule has 0 spiro atoms. The SMILES string of the molecule is CC([O][SnH3])C(C)c1ccccc1.[SnH3]. The summed E-state index contributed by atoms with van der Waals surface area (Å²) < 4.78 is 5.48. The van der Waals surface area contributed by atoms with Crippen molar-refractivity contribution in [2.24, 2.45) is 0 Å². The Labute approximate surface area is 111 Å². The molecule has 0 fully saturated rings. The molecule has 0 heterocycles. The van der Waals surface area contributed by atoms with Crippen LogP contribution in [0.2, 0.25) is 0 Å². The predicted octanol–water partition coefficient (Wildman–Crippen LogP) is 0.292. The number of hydrogen-bond donors (Lipinski definition) is 0. The molecule has 1 rings (SSSR count). The molecule has 0 saturated heterocycles. The summed E-state index contributed by atoms with van der Waals surface area (Å²) in [6.45, 7) is 4.37. The molecule has 0 bridgehead atoms. The molecule has 1 aromatic carbocycles. The predicted molar refractivity (Wildman–Crippen MR) is 65.3 cm³/mol. The molecule has 1 radical (unpaired) electrons. The van der Waals surface area contributed by atoms with Gasteiger partial charge in [-0.15, -0.1) is 0 Å². The molecule has 73 valence electrons. The van der Waals surface area contributed by atoms with Gasteiger partial charge in [-0.25, -0.2) is 0 Å². The molecule has 0 N–H and O–H groups in total. The molecule has 0 aliphatic rings. The second-order valence-electron chi connectivity index (χ2n) is 3.14. The normalized spacial score (nSPS) is 14.6. The van der Waals surface area contributed by atoms with Crippen LogP contribution in [0.4, 0.5) is 0 Å². The minimum atomic E-state index is 0. The Morgan fingerprint density at radius 1 is 1.15 bits per heavy atom. The Hall–Kier alpha value is 0.777. The van der Waals surface area contributed by atoms with E-state index in [0.29, 0.717) is 35.0 Å². The van der Waals surface area contributed by atoms with Crippen molar-refractivity contribution >= 4 is 46.8 Å². The number of hydrogen-bond acceptors (Lipinski definition) is 1. The third-order valence-corrected chi connectivity index (χ3v) is 4.52. The van der Waals surface area contributed by atoms with Crippen molar-refractivity contribution in [3.63, 3.8) is 0 Å². The van der Waals surface area contributed by atoms with Gasteiger partial charge >= 0.3 is 112 Å². The first kappa shape index (κ1) is 13.8. The molecular weight excluding hydrogens is 374 g/mol. The molecule has 13 heavy (non-hydrogen) atoms. The minimum absolute atomic E-state index is 0. The molecule has 0 aromatic heterocycles. The molecular formula is C10H19OSn2. The van der Waals surface area contributed by atoms with Gasteiger partial charge in [-0.1, -0.05) is 0 Å². The fourth-order valence-electron chi connectivity index (χ4n) is 1.23. The van der Waals surface area contributed by atoms with Gasteiger partial charge in [0, 0.05) is 0 Å². The molecule has 2 unspecified atom stereocenters. The van der Waals surface area contributed by atoms with E-state index >= 15 is 0 Å². The van der Waals surface area contributed by atoms with Crippen LogP contribution < -0.4 is 0 Å². The van der Waals surface area contributed by atoms with Crippen LogP contribution in [0.3, 0.4) is 0 Å². The summed E-state index contributed by atoms with van der Waals surface area (Å²) in [4.78, 5) is 0. The second-order valence-corrected chi connectivity index (χ2v) is 4.49. The third-order valence-electron chi connectivity index (χ3n) is 2.40. The van der Waals surface area contributed by atoms with Crippen LogP contribution >= 0.6 is 0 Å². The fourth-order valence-corrected chi connectivity index (χ4v) is 2.40. The van der Waals surface area contributed by atoms with E-state index in [1.54, 1.807) is 0 Å². The zero-order valence-electron chi connectivity index (χ0n) is 8.95. The molecule has 3 heteroatoms. The first-order valence-electron chi connectivity index (χ1n) is 4.33. The molecule has 0 aliphatic carbocycles. The van der Waals surface area contributed by atoms with Gasteiger partial charge < -0.3 is 0 Å². The molecule has 2 atom stereocenters. The van der Waals surface area contributed by atoms with Gasteiger partial charge in [-0.05, 0) is 0 Å². The summed E-state index contributed by atoms with van der Waals surface area (Å²) in [6.07, 6.45) is 0.378. The van der Waals surface area contributed by atoms with Gasteiger partial charge in [-0.2, -0.15) is 0 Å². The molecule has 0 aliphatic heterocycles. The van der Waals surface area contributed by atoms with Crippen molar-refractivity contribution in [3.05, 3.63) is 35.9 Å². The van der Waals surface area contributed by atoms with Gasteiger partial charge in [0.2, 0.25) is 0 Å². The zero-order valence-corrected chi connectivity index (χ0v) is 20.4. The topological polar surface area (TPSA) is 9.23 Å². The van der Waals surface area contributed by atoms with Crippen molar-refractivity contribution in [1.29, 1.82) is 0 Å². The third kappa shape index (κ3) is 4.21. The van der Waals surface area contributed by atoms with E-state index in [-0.39, 0.29) is 23.9 Å². The van der Waals surface area contributed by atoms with Crippen molar-refractivity contribution in [2.45, 2.75) is 25.9 Å². The monoisotopic (exact) mass is 395 g/mol. The van der Waals surface area contributed by atoms with E-state index in [1.807, 2.05) is 6.07 Å². The Kier molecular flexibility index (Phi) is 7.55. The summed E-state index contributed by atoms with van der Waals surface area (Å²) in [7, 11) is 0. The Morgan fingerprint density at radius 3 is 2.15 bits per heavy atom. The fraction of sp³-hybridized carbons (Fsp3) is 0.400.